The minimum Gasteiger partial charge on any atom is -0.389 e. The second-order valence-electron chi connectivity index (χ2n) is 4.97. The van der Waals surface area contributed by atoms with Crippen molar-refractivity contribution in [3.63, 3.8) is 0 Å². The predicted octanol–water partition coefficient (Wildman–Crippen LogP) is 2.49. The molecule has 0 radical (unpaired) electrons. The van der Waals surface area contributed by atoms with Gasteiger partial charge in [0.1, 0.15) is 12.2 Å². The van der Waals surface area contributed by atoms with Gasteiger partial charge in [-0.3, -0.25) is 4.68 Å². The normalized spacial score (nSPS) is 14.3. The monoisotopic (exact) mass is 279 g/mol. The third-order valence-corrected chi connectivity index (χ3v) is 3.28. The molecular weight excluding hydrogens is 262 g/mol. The Labute approximate surface area is 118 Å². The summed E-state index contributed by atoms with van der Waals surface area (Å²) < 4.78 is 1.80. The number of aliphatic hydroxyl groups is 1. The van der Waals surface area contributed by atoms with E-state index in [-0.39, 0.29) is 0 Å². The van der Waals surface area contributed by atoms with Crippen LogP contribution in [-0.4, -0.2) is 25.5 Å². The van der Waals surface area contributed by atoms with Crippen LogP contribution in [0.1, 0.15) is 25.2 Å². The Hall–Kier alpha value is -1.39. The second kappa shape index (κ2) is 5.72. The van der Waals surface area contributed by atoms with Crippen molar-refractivity contribution in [1.29, 1.82) is 0 Å². The maximum atomic E-state index is 10.5. The largest absolute Gasteiger partial charge is 0.389 e. The molecule has 0 aliphatic rings. The third-order valence-electron chi connectivity index (χ3n) is 3.03. The summed E-state index contributed by atoms with van der Waals surface area (Å²) in [5.41, 5.74) is 0.199. The van der Waals surface area contributed by atoms with Crippen LogP contribution in [0.4, 0.5) is 0 Å². The van der Waals surface area contributed by atoms with Crippen molar-refractivity contribution in [2.45, 2.75) is 38.8 Å². The molecule has 1 atom stereocenters. The maximum Gasteiger partial charge on any atom is 0.138 e. The molecular formula is C14H18ClN3O. The second-order valence-corrected chi connectivity index (χ2v) is 5.41. The lowest BCUT2D eigenvalue weighted by Crippen LogP contribution is -2.31. The first-order chi connectivity index (χ1) is 9.00. The lowest BCUT2D eigenvalue weighted by Gasteiger charge is -2.23. The van der Waals surface area contributed by atoms with Gasteiger partial charge in [0, 0.05) is 24.4 Å². The Balaban J connectivity index is 2.08. The molecule has 0 aliphatic carbocycles. The number of aryl methyl sites for hydroxylation is 1. The summed E-state index contributed by atoms with van der Waals surface area (Å²) in [5.74, 6) is 0.807. The van der Waals surface area contributed by atoms with Crippen LogP contribution >= 0.6 is 11.6 Å². The summed E-state index contributed by atoms with van der Waals surface area (Å²) in [6, 6.07) is 7.53. The summed E-state index contributed by atoms with van der Waals surface area (Å²) in [7, 11) is 0. The minimum absolute atomic E-state index is 0.476. The zero-order valence-electron chi connectivity index (χ0n) is 11.2. The van der Waals surface area contributed by atoms with Gasteiger partial charge in [-0.1, -0.05) is 23.7 Å². The summed E-state index contributed by atoms with van der Waals surface area (Å²) in [5, 5.41) is 15.3. The number of halogens is 1. The standard InChI is InChI=1S/C14H18ClN3O/c1-3-18-13(16-10-17-18)9-14(2,19)8-11-4-6-12(15)7-5-11/h4-7,10,19H,3,8-9H2,1-2H3. The maximum absolute atomic E-state index is 10.5. The molecule has 5 heteroatoms. The van der Waals surface area contributed by atoms with E-state index in [0.717, 1.165) is 17.9 Å². The zero-order chi connectivity index (χ0) is 13.9. The number of aromatic nitrogens is 3. The van der Waals surface area contributed by atoms with Crippen LogP contribution < -0.4 is 0 Å². The van der Waals surface area contributed by atoms with Gasteiger partial charge in [-0.2, -0.15) is 5.10 Å². The van der Waals surface area contributed by atoms with E-state index in [0.29, 0.717) is 17.9 Å². The lowest BCUT2D eigenvalue weighted by atomic mass is 9.93. The molecule has 1 N–H and O–H groups in total. The Kier molecular flexibility index (Phi) is 4.22. The first kappa shape index (κ1) is 14.0. The smallest absolute Gasteiger partial charge is 0.138 e. The van der Waals surface area contributed by atoms with Gasteiger partial charge in [0.2, 0.25) is 0 Å². The van der Waals surface area contributed by atoms with Crippen LogP contribution in [0.25, 0.3) is 0 Å². The van der Waals surface area contributed by atoms with E-state index >= 15 is 0 Å². The van der Waals surface area contributed by atoms with Crippen molar-refractivity contribution in [3.8, 4) is 0 Å². The van der Waals surface area contributed by atoms with Crippen LogP contribution in [-0.2, 0) is 19.4 Å². The van der Waals surface area contributed by atoms with E-state index in [9.17, 15) is 5.11 Å². The van der Waals surface area contributed by atoms with E-state index < -0.39 is 5.60 Å². The van der Waals surface area contributed by atoms with Crippen LogP contribution in [0.3, 0.4) is 0 Å². The third kappa shape index (κ3) is 3.78. The number of benzene rings is 1. The zero-order valence-corrected chi connectivity index (χ0v) is 11.9. The molecule has 0 saturated carbocycles. The van der Waals surface area contributed by atoms with Gasteiger partial charge in [0.15, 0.2) is 0 Å². The minimum atomic E-state index is -0.853. The molecule has 0 aliphatic heterocycles. The Morgan fingerprint density at radius 1 is 1.26 bits per heavy atom. The molecule has 4 nitrogen and oxygen atoms in total. The molecule has 0 bridgehead atoms. The van der Waals surface area contributed by atoms with Crippen LogP contribution in [0.2, 0.25) is 5.02 Å². The number of nitrogens with zero attached hydrogens (tertiary/aromatic N) is 3. The van der Waals surface area contributed by atoms with Gasteiger partial charge in [-0.25, -0.2) is 4.98 Å². The summed E-state index contributed by atoms with van der Waals surface area (Å²) in [6.45, 7) is 4.58. The first-order valence-corrected chi connectivity index (χ1v) is 6.71. The molecule has 19 heavy (non-hydrogen) atoms. The molecule has 1 heterocycles. The molecule has 2 aromatic rings. The van der Waals surface area contributed by atoms with Gasteiger partial charge in [-0.15, -0.1) is 0 Å². The molecule has 1 aromatic heterocycles. The Bertz CT molecular complexity index is 534. The summed E-state index contributed by atoms with van der Waals surface area (Å²) >= 11 is 5.85. The van der Waals surface area contributed by atoms with Crippen LogP contribution in [0.5, 0.6) is 0 Å². The number of hydrogen-bond acceptors (Lipinski definition) is 3. The van der Waals surface area contributed by atoms with E-state index in [1.165, 1.54) is 6.33 Å². The summed E-state index contributed by atoms with van der Waals surface area (Å²) in [6.07, 6.45) is 2.56. The van der Waals surface area contributed by atoms with Crippen LogP contribution in [0, 0.1) is 0 Å². The molecule has 1 unspecified atom stereocenters. The Morgan fingerprint density at radius 3 is 2.58 bits per heavy atom. The topological polar surface area (TPSA) is 50.9 Å². The molecule has 0 spiro atoms. The van der Waals surface area contributed by atoms with Crippen molar-refractivity contribution in [2.24, 2.45) is 0 Å². The van der Waals surface area contributed by atoms with Gasteiger partial charge in [-0.05, 0) is 31.5 Å². The van der Waals surface area contributed by atoms with E-state index in [1.807, 2.05) is 38.1 Å². The quantitative estimate of drug-likeness (QED) is 0.915. The van der Waals surface area contributed by atoms with Crippen molar-refractivity contribution >= 4 is 11.6 Å². The van der Waals surface area contributed by atoms with Crippen molar-refractivity contribution in [2.75, 3.05) is 0 Å². The number of hydrogen-bond donors (Lipinski definition) is 1. The first-order valence-electron chi connectivity index (χ1n) is 6.34. The predicted molar refractivity (Wildman–Crippen MR) is 75.2 cm³/mol. The molecule has 0 saturated heterocycles. The highest BCUT2D eigenvalue weighted by molar-refractivity contribution is 6.30. The molecule has 1 aromatic carbocycles. The fourth-order valence-electron chi connectivity index (χ4n) is 2.13. The fourth-order valence-corrected chi connectivity index (χ4v) is 2.26. The SMILES string of the molecule is CCn1ncnc1CC(C)(O)Cc1ccc(Cl)cc1. The number of rotatable bonds is 5. The molecule has 2 rings (SSSR count). The molecule has 102 valence electrons. The van der Waals surface area contributed by atoms with E-state index in [4.69, 9.17) is 11.6 Å². The highest BCUT2D eigenvalue weighted by atomic mass is 35.5. The highest BCUT2D eigenvalue weighted by Gasteiger charge is 2.24. The summed E-state index contributed by atoms with van der Waals surface area (Å²) in [4.78, 5) is 4.20. The average molecular weight is 280 g/mol. The van der Waals surface area contributed by atoms with E-state index in [1.54, 1.807) is 4.68 Å². The van der Waals surface area contributed by atoms with Crippen molar-refractivity contribution in [3.05, 3.63) is 47.0 Å². The molecule has 0 fully saturated rings. The molecule has 0 amide bonds. The van der Waals surface area contributed by atoms with Crippen molar-refractivity contribution in [1.82, 2.24) is 14.8 Å². The van der Waals surface area contributed by atoms with E-state index in [2.05, 4.69) is 10.1 Å². The van der Waals surface area contributed by atoms with Gasteiger partial charge >= 0.3 is 0 Å². The Morgan fingerprint density at radius 2 is 1.95 bits per heavy atom. The van der Waals surface area contributed by atoms with Gasteiger partial charge in [0.25, 0.3) is 0 Å². The van der Waals surface area contributed by atoms with Crippen molar-refractivity contribution < 1.29 is 5.11 Å². The van der Waals surface area contributed by atoms with Gasteiger partial charge < -0.3 is 5.11 Å². The van der Waals surface area contributed by atoms with Gasteiger partial charge in [0.05, 0.1) is 5.60 Å². The lowest BCUT2D eigenvalue weighted by molar-refractivity contribution is 0.0576. The van der Waals surface area contributed by atoms with Crippen LogP contribution in [0.15, 0.2) is 30.6 Å². The highest BCUT2D eigenvalue weighted by Crippen LogP contribution is 2.19. The fraction of sp³-hybridized carbons (Fsp3) is 0.429. The average Bonchev–Trinajstić information content (AvgIpc) is 2.78.